The van der Waals surface area contributed by atoms with Crippen molar-refractivity contribution in [2.45, 2.75) is 51.5 Å². The number of carbonyl (C=O) groups is 2. The summed E-state index contributed by atoms with van der Waals surface area (Å²) in [6.07, 6.45) is 10.3. The SMILES string of the molecule is O=C(CCn1cc(Cl)cn1)N1CCC2(CCCN(CC3CCC3)C2=O)C1. The Morgan fingerprint density at radius 1 is 1.27 bits per heavy atom. The standard InChI is InChI=1S/C19H27ClN4O2/c20-16-11-21-24(13-16)9-5-17(25)23-10-7-19(14-23)6-2-8-22(18(19)26)12-15-3-1-4-15/h11,13,15H,1-10,12,14H2. The van der Waals surface area contributed by atoms with Crippen LogP contribution in [-0.4, -0.2) is 57.6 Å². The Kier molecular flexibility index (Phi) is 4.95. The van der Waals surface area contributed by atoms with Crippen LogP contribution in [0.4, 0.5) is 0 Å². The number of halogens is 1. The largest absolute Gasteiger partial charge is 0.342 e. The van der Waals surface area contributed by atoms with E-state index in [-0.39, 0.29) is 11.3 Å². The average molecular weight is 379 g/mol. The molecule has 142 valence electrons. The van der Waals surface area contributed by atoms with E-state index in [2.05, 4.69) is 10.00 Å². The maximum absolute atomic E-state index is 13.1. The summed E-state index contributed by atoms with van der Waals surface area (Å²) in [7, 11) is 0. The van der Waals surface area contributed by atoms with Gasteiger partial charge >= 0.3 is 0 Å². The molecule has 1 unspecified atom stereocenters. The predicted octanol–water partition coefficient (Wildman–Crippen LogP) is 2.57. The highest BCUT2D eigenvalue weighted by Gasteiger charge is 2.49. The molecule has 6 nitrogen and oxygen atoms in total. The summed E-state index contributed by atoms with van der Waals surface area (Å²) in [6, 6.07) is 0. The van der Waals surface area contributed by atoms with E-state index >= 15 is 0 Å². The second-order valence-electron chi connectivity index (χ2n) is 8.17. The summed E-state index contributed by atoms with van der Waals surface area (Å²) in [5, 5.41) is 4.69. The van der Waals surface area contributed by atoms with Crippen molar-refractivity contribution < 1.29 is 9.59 Å². The summed E-state index contributed by atoms with van der Waals surface area (Å²) in [5.74, 6) is 1.11. The number of nitrogens with zero attached hydrogens (tertiary/aromatic N) is 4. The zero-order valence-corrected chi connectivity index (χ0v) is 16.0. The Hall–Kier alpha value is -1.56. The highest BCUT2D eigenvalue weighted by atomic mass is 35.5. The van der Waals surface area contributed by atoms with Gasteiger partial charge in [0.25, 0.3) is 0 Å². The van der Waals surface area contributed by atoms with E-state index < -0.39 is 0 Å². The van der Waals surface area contributed by atoms with E-state index in [4.69, 9.17) is 11.6 Å². The third-order valence-corrected chi connectivity index (χ3v) is 6.59. The molecule has 1 aliphatic carbocycles. The molecule has 3 aliphatic rings. The first-order chi connectivity index (χ1) is 12.6. The van der Waals surface area contributed by atoms with Gasteiger partial charge in [-0.1, -0.05) is 18.0 Å². The fourth-order valence-electron chi connectivity index (χ4n) is 4.61. The first-order valence-electron chi connectivity index (χ1n) is 9.81. The Morgan fingerprint density at radius 3 is 2.81 bits per heavy atom. The van der Waals surface area contributed by atoms with Crippen LogP contribution in [0.3, 0.4) is 0 Å². The molecule has 1 aromatic rings. The smallest absolute Gasteiger partial charge is 0.230 e. The van der Waals surface area contributed by atoms with Crippen LogP contribution in [0, 0.1) is 11.3 Å². The summed E-state index contributed by atoms with van der Waals surface area (Å²) in [4.78, 5) is 29.7. The van der Waals surface area contributed by atoms with Crippen LogP contribution in [0.5, 0.6) is 0 Å². The lowest BCUT2D eigenvalue weighted by atomic mass is 9.77. The lowest BCUT2D eigenvalue weighted by molar-refractivity contribution is -0.147. The van der Waals surface area contributed by atoms with Gasteiger partial charge in [-0.25, -0.2) is 0 Å². The minimum Gasteiger partial charge on any atom is -0.342 e. The number of amides is 2. The fraction of sp³-hybridized carbons (Fsp3) is 0.737. The highest BCUT2D eigenvalue weighted by Crippen LogP contribution is 2.41. The molecule has 4 rings (SSSR count). The van der Waals surface area contributed by atoms with Gasteiger partial charge in [0.05, 0.1) is 16.6 Å². The van der Waals surface area contributed by atoms with Gasteiger partial charge in [-0.15, -0.1) is 0 Å². The van der Waals surface area contributed by atoms with Crippen LogP contribution in [0.2, 0.25) is 5.02 Å². The molecule has 1 aromatic heterocycles. The third-order valence-electron chi connectivity index (χ3n) is 6.39. The topological polar surface area (TPSA) is 58.4 Å². The van der Waals surface area contributed by atoms with E-state index in [1.165, 1.54) is 19.3 Å². The van der Waals surface area contributed by atoms with Crippen molar-refractivity contribution in [2.75, 3.05) is 26.2 Å². The van der Waals surface area contributed by atoms with Gasteiger partial charge in [0.2, 0.25) is 11.8 Å². The molecule has 3 heterocycles. The van der Waals surface area contributed by atoms with Crippen molar-refractivity contribution in [3.63, 3.8) is 0 Å². The molecule has 7 heteroatoms. The molecule has 0 bridgehead atoms. The van der Waals surface area contributed by atoms with Crippen molar-refractivity contribution in [3.8, 4) is 0 Å². The lowest BCUT2D eigenvalue weighted by Gasteiger charge is -2.42. The van der Waals surface area contributed by atoms with E-state index in [0.717, 1.165) is 32.4 Å². The number of aryl methyl sites for hydroxylation is 1. The molecule has 3 fully saturated rings. The summed E-state index contributed by atoms with van der Waals surface area (Å²) < 4.78 is 1.69. The van der Waals surface area contributed by atoms with Crippen molar-refractivity contribution in [1.82, 2.24) is 19.6 Å². The van der Waals surface area contributed by atoms with Crippen LogP contribution < -0.4 is 0 Å². The van der Waals surface area contributed by atoms with E-state index in [1.807, 2.05) is 4.90 Å². The molecule has 1 saturated carbocycles. The predicted molar refractivity (Wildman–Crippen MR) is 98.6 cm³/mol. The summed E-state index contributed by atoms with van der Waals surface area (Å²) in [5.41, 5.74) is -0.327. The molecule has 1 spiro atoms. The number of likely N-dealkylation sites (tertiary alicyclic amines) is 2. The van der Waals surface area contributed by atoms with Crippen LogP contribution in [0.15, 0.2) is 12.4 Å². The minimum absolute atomic E-state index is 0.109. The molecule has 0 aromatic carbocycles. The van der Waals surface area contributed by atoms with Crippen LogP contribution >= 0.6 is 11.6 Å². The maximum Gasteiger partial charge on any atom is 0.230 e. The van der Waals surface area contributed by atoms with Gasteiger partial charge in [0.15, 0.2) is 0 Å². The Balaban J connectivity index is 1.33. The van der Waals surface area contributed by atoms with Crippen molar-refractivity contribution in [1.29, 1.82) is 0 Å². The van der Waals surface area contributed by atoms with Crippen molar-refractivity contribution in [3.05, 3.63) is 17.4 Å². The number of aromatic nitrogens is 2. The van der Waals surface area contributed by atoms with E-state index in [1.54, 1.807) is 17.1 Å². The molecular weight excluding hydrogens is 352 g/mol. The van der Waals surface area contributed by atoms with Crippen LogP contribution in [0.25, 0.3) is 0 Å². The molecule has 0 N–H and O–H groups in total. The van der Waals surface area contributed by atoms with Crippen LogP contribution in [0.1, 0.15) is 44.9 Å². The molecule has 0 radical (unpaired) electrons. The van der Waals surface area contributed by atoms with Crippen LogP contribution in [-0.2, 0) is 16.1 Å². The number of hydrogen-bond donors (Lipinski definition) is 0. The van der Waals surface area contributed by atoms with Gasteiger partial charge < -0.3 is 9.80 Å². The quantitative estimate of drug-likeness (QED) is 0.791. The normalized spacial score (nSPS) is 26.6. The Bertz CT molecular complexity index is 687. The highest BCUT2D eigenvalue weighted by molar-refractivity contribution is 6.30. The zero-order chi connectivity index (χ0) is 18.1. The number of carbonyl (C=O) groups excluding carboxylic acids is 2. The van der Waals surface area contributed by atoms with Gasteiger partial charge in [-0.3, -0.25) is 14.3 Å². The Morgan fingerprint density at radius 2 is 2.12 bits per heavy atom. The molecule has 2 aliphatic heterocycles. The molecule has 26 heavy (non-hydrogen) atoms. The van der Waals surface area contributed by atoms with E-state index in [9.17, 15) is 9.59 Å². The van der Waals surface area contributed by atoms with Crippen molar-refractivity contribution in [2.24, 2.45) is 11.3 Å². The molecule has 1 atom stereocenters. The molecule has 2 amide bonds. The van der Waals surface area contributed by atoms with Gasteiger partial charge in [-0.05, 0) is 38.0 Å². The second-order valence-corrected chi connectivity index (χ2v) is 8.61. The van der Waals surface area contributed by atoms with Crippen molar-refractivity contribution >= 4 is 23.4 Å². The van der Waals surface area contributed by atoms with Gasteiger partial charge in [-0.2, -0.15) is 5.10 Å². The van der Waals surface area contributed by atoms with Gasteiger partial charge in [0, 0.05) is 45.3 Å². The lowest BCUT2D eigenvalue weighted by Crippen LogP contribution is -2.52. The number of hydrogen-bond acceptors (Lipinski definition) is 3. The first kappa shape index (κ1) is 17.8. The zero-order valence-electron chi connectivity index (χ0n) is 15.2. The maximum atomic E-state index is 13.1. The van der Waals surface area contributed by atoms with Gasteiger partial charge in [0.1, 0.15) is 0 Å². The average Bonchev–Trinajstić information content (AvgIpc) is 3.20. The second kappa shape index (κ2) is 7.22. The summed E-state index contributed by atoms with van der Waals surface area (Å²) >= 11 is 5.86. The molecular formula is C19H27ClN4O2. The number of piperidine rings is 1. The number of rotatable bonds is 5. The Labute approximate surface area is 159 Å². The first-order valence-corrected chi connectivity index (χ1v) is 10.2. The summed E-state index contributed by atoms with van der Waals surface area (Å²) in [6.45, 7) is 3.63. The minimum atomic E-state index is -0.327. The molecule has 2 saturated heterocycles. The monoisotopic (exact) mass is 378 g/mol. The fourth-order valence-corrected chi connectivity index (χ4v) is 4.76. The third kappa shape index (κ3) is 3.48. The van der Waals surface area contributed by atoms with E-state index in [0.29, 0.717) is 42.9 Å².